The Hall–Kier alpha value is -0.170. The first-order valence-corrected chi connectivity index (χ1v) is 9.19. The molecule has 1 N–H and O–H groups in total. The maximum absolute atomic E-state index is 10.0. The van der Waals surface area contributed by atoms with Crippen LogP contribution in [-0.2, 0) is 6.42 Å². The van der Waals surface area contributed by atoms with Gasteiger partial charge in [0.25, 0.3) is 0 Å². The van der Waals surface area contributed by atoms with Gasteiger partial charge in [-0.3, -0.25) is 4.90 Å². The van der Waals surface area contributed by atoms with Gasteiger partial charge >= 0.3 is 0 Å². The maximum Gasteiger partial charge on any atom is 0.0695 e. The maximum atomic E-state index is 10.0. The van der Waals surface area contributed by atoms with Crippen LogP contribution >= 0.6 is 22.6 Å². The van der Waals surface area contributed by atoms with Crippen LogP contribution in [0.25, 0.3) is 0 Å². The standard InChI is InChI=1S/C17H25IN2O/c18-15-4-1-3-14(13-15)7-8-19-9-11-20(12-10-19)16-5-2-6-17(16)21/h1,3-4,13,16-17,21H,2,5-12H2/t16-,17-/m0/s1/i18-4. The summed E-state index contributed by atoms with van der Waals surface area (Å²) in [5, 5.41) is 10.0. The normalized spacial score (nSPS) is 28.1. The van der Waals surface area contributed by atoms with Crippen molar-refractivity contribution in [3.63, 3.8) is 0 Å². The number of hydrogen-bond acceptors (Lipinski definition) is 3. The molecule has 4 heteroatoms. The molecule has 0 radical (unpaired) electrons. The van der Waals surface area contributed by atoms with E-state index in [4.69, 9.17) is 0 Å². The zero-order valence-electron chi connectivity index (χ0n) is 12.5. The number of benzene rings is 1. The number of halogens is 1. The third-order valence-electron chi connectivity index (χ3n) is 4.93. The molecule has 1 saturated heterocycles. The molecule has 1 heterocycles. The van der Waals surface area contributed by atoms with Crippen LogP contribution in [0.2, 0.25) is 0 Å². The topological polar surface area (TPSA) is 26.7 Å². The predicted molar refractivity (Wildman–Crippen MR) is 94.5 cm³/mol. The fourth-order valence-electron chi connectivity index (χ4n) is 3.65. The summed E-state index contributed by atoms with van der Waals surface area (Å²) in [5.74, 6) is 0. The zero-order valence-corrected chi connectivity index (χ0v) is 14.7. The summed E-state index contributed by atoms with van der Waals surface area (Å²) in [6.07, 6.45) is 4.44. The number of hydrogen-bond donors (Lipinski definition) is 1. The van der Waals surface area contributed by atoms with Gasteiger partial charge in [-0.2, -0.15) is 0 Å². The highest BCUT2D eigenvalue weighted by atomic mass is 123. The third kappa shape index (κ3) is 4.18. The lowest BCUT2D eigenvalue weighted by atomic mass is 10.1. The SMILES string of the molecule is O[C@H]1CCC[C@@H]1N1CCN(CCc2cccc([123I])c2)CC1. The van der Waals surface area contributed by atoms with Gasteiger partial charge in [0.1, 0.15) is 0 Å². The van der Waals surface area contributed by atoms with Crippen LogP contribution in [0, 0.1) is 3.57 Å². The van der Waals surface area contributed by atoms with Crippen LogP contribution in [0.15, 0.2) is 24.3 Å². The second-order valence-corrected chi connectivity index (χ2v) is 7.57. The van der Waals surface area contributed by atoms with Crippen LogP contribution in [0.5, 0.6) is 0 Å². The van der Waals surface area contributed by atoms with Gasteiger partial charge in [0.2, 0.25) is 0 Å². The van der Waals surface area contributed by atoms with Crippen molar-refractivity contribution in [3.05, 3.63) is 33.4 Å². The lowest BCUT2D eigenvalue weighted by Gasteiger charge is -2.39. The van der Waals surface area contributed by atoms with Crippen LogP contribution in [0.4, 0.5) is 0 Å². The summed E-state index contributed by atoms with van der Waals surface area (Å²) < 4.78 is 1.32. The van der Waals surface area contributed by atoms with Crippen LogP contribution in [0.1, 0.15) is 24.8 Å². The van der Waals surface area contributed by atoms with Gasteiger partial charge in [0, 0.05) is 42.3 Å². The first kappa shape index (κ1) is 15.7. The zero-order chi connectivity index (χ0) is 14.7. The third-order valence-corrected chi connectivity index (χ3v) is 5.60. The van der Waals surface area contributed by atoms with Crippen molar-refractivity contribution in [2.45, 2.75) is 37.8 Å². The molecule has 1 saturated carbocycles. The minimum atomic E-state index is -0.0806. The molecule has 0 amide bonds. The molecule has 1 aliphatic carbocycles. The van der Waals surface area contributed by atoms with Crippen molar-refractivity contribution in [3.8, 4) is 0 Å². The molecule has 1 aliphatic heterocycles. The molecule has 3 nitrogen and oxygen atoms in total. The highest BCUT2D eigenvalue weighted by Gasteiger charge is 2.32. The first-order valence-electron chi connectivity index (χ1n) is 8.11. The number of rotatable bonds is 4. The van der Waals surface area contributed by atoms with Crippen molar-refractivity contribution in [1.29, 1.82) is 0 Å². The summed E-state index contributed by atoms with van der Waals surface area (Å²) in [6, 6.07) is 9.24. The number of aliphatic hydroxyl groups is 1. The van der Waals surface area contributed by atoms with Crippen molar-refractivity contribution in [2.75, 3.05) is 32.7 Å². The Kier molecular flexibility index (Phi) is 5.54. The number of piperazine rings is 1. The molecule has 1 aromatic carbocycles. The van der Waals surface area contributed by atoms with Gasteiger partial charge < -0.3 is 10.0 Å². The summed E-state index contributed by atoms with van der Waals surface area (Å²) >= 11 is 2.38. The van der Waals surface area contributed by atoms with Crippen molar-refractivity contribution in [1.82, 2.24) is 9.80 Å². The van der Waals surface area contributed by atoms with E-state index in [1.54, 1.807) is 0 Å². The molecule has 0 aromatic heterocycles. The van der Waals surface area contributed by atoms with E-state index in [9.17, 15) is 5.11 Å². The van der Waals surface area contributed by atoms with E-state index in [1.165, 1.54) is 22.0 Å². The minimum absolute atomic E-state index is 0.0806. The van der Waals surface area contributed by atoms with Gasteiger partial charge in [-0.15, -0.1) is 0 Å². The highest BCUT2D eigenvalue weighted by Crippen LogP contribution is 2.25. The van der Waals surface area contributed by atoms with E-state index in [0.717, 1.165) is 45.6 Å². The summed E-state index contributed by atoms with van der Waals surface area (Å²) in [6.45, 7) is 5.68. The molecule has 2 aliphatic rings. The number of aliphatic hydroxyl groups excluding tert-OH is 1. The smallest absolute Gasteiger partial charge is 0.0695 e. The van der Waals surface area contributed by atoms with E-state index in [-0.39, 0.29) is 6.10 Å². The van der Waals surface area contributed by atoms with Crippen LogP contribution in [0.3, 0.4) is 0 Å². The van der Waals surface area contributed by atoms with E-state index in [2.05, 4.69) is 56.7 Å². The van der Waals surface area contributed by atoms with Crippen molar-refractivity contribution < 1.29 is 5.11 Å². The Labute approximate surface area is 141 Å². The highest BCUT2D eigenvalue weighted by molar-refractivity contribution is 14.1. The fourth-order valence-corrected chi connectivity index (χ4v) is 4.25. The van der Waals surface area contributed by atoms with E-state index >= 15 is 0 Å². The van der Waals surface area contributed by atoms with Gasteiger partial charge in [-0.25, -0.2) is 0 Å². The number of nitrogens with zero attached hydrogens (tertiary/aromatic N) is 2. The molecular formula is C17H25IN2O. The van der Waals surface area contributed by atoms with Crippen LogP contribution in [-0.4, -0.2) is 59.8 Å². The average Bonchev–Trinajstić information content (AvgIpc) is 2.92. The Balaban J connectivity index is 1.43. The summed E-state index contributed by atoms with van der Waals surface area (Å²) in [7, 11) is 0. The molecule has 3 rings (SSSR count). The first-order chi connectivity index (χ1) is 10.2. The predicted octanol–water partition coefficient (Wildman–Crippen LogP) is 2.36. The Bertz CT molecular complexity index is 460. The molecule has 0 bridgehead atoms. The quantitative estimate of drug-likeness (QED) is 0.792. The van der Waals surface area contributed by atoms with Crippen LogP contribution < -0.4 is 0 Å². The Morgan fingerprint density at radius 2 is 1.95 bits per heavy atom. The van der Waals surface area contributed by atoms with Crippen molar-refractivity contribution >= 4 is 22.6 Å². The van der Waals surface area contributed by atoms with E-state index in [0.29, 0.717) is 6.04 Å². The monoisotopic (exact) mass is 396 g/mol. The van der Waals surface area contributed by atoms with Gasteiger partial charge in [-0.1, -0.05) is 12.1 Å². The molecule has 116 valence electrons. The summed E-state index contributed by atoms with van der Waals surface area (Å²) in [4.78, 5) is 5.08. The van der Waals surface area contributed by atoms with Gasteiger partial charge in [-0.05, 0) is 66.0 Å². The average molecular weight is 396 g/mol. The van der Waals surface area contributed by atoms with Gasteiger partial charge in [0.05, 0.1) is 6.10 Å². The lowest BCUT2D eigenvalue weighted by molar-refractivity contribution is 0.0358. The lowest BCUT2D eigenvalue weighted by Crippen LogP contribution is -2.52. The molecule has 21 heavy (non-hydrogen) atoms. The minimum Gasteiger partial charge on any atom is -0.391 e. The van der Waals surface area contributed by atoms with E-state index in [1.807, 2.05) is 0 Å². The summed E-state index contributed by atoms with van der Waals surface area (Å²) in [5.41, 5.74) is 1.44. The molecule has 1 aromatic rings. The fraction of sp³-hybridized carbons (Fsp3) is 0.647. The van der Waals surface area contributed by atoms with E-state index < -0.39 is 0 Å². The molecule has 0 unspecified atom stereocenters. The second kappa shape index (κ2) is 7.40. The Morgan fingerprint density at radius 3 is 2.62 bits per heavy atom. The second-order valence-electron chi connectivity index (χ2n) is 6.32. The molecular weight excluding hydrogens is 371 g/mol. The molecule has 0 spiro atoms. The Morgan fingerprint density at radius 1 is 1.14 bits per heavy atom. The van der Waals surface area contributed by atoms with Crippen molar-refractivity contribution in [2.24, 2.45) is 0 Å². The largest absolute Gasteiger partial charge is 0.391 e. The molecule has 2 fully saturated rings. The van der Waals surface area contributed by atoms with Gasteiger partial charge in [0.15, 0.2) is 0 Å². The molecule has 2 atom stereocenters.